The van der Waals surface area contributed by atoms with Crippen LogP contribution in [-0.4, -0.2) is 13.0 Å². The van der Waals surface area contributed by atoms with E-state index in [4.69, 9.17) is 0 Å². The summed E-state index contributed by atoms with van der Waals surface area (Å²) in [6.45, 7) is 0. The van der Waals surface area contributed by atoms with Gasteiger partial charge in [-0.1, -0.05) is 18.2 Å². The fourth-order valence-corrected chi connectivity index (χ4v) is 0.734. The summed E-state index contributed by atoms with van der Waals surface area (Å²) in [5, 5.41) is 2.54. The first-order valence-electron chi connectivity index (χ1n) is 3.11. The molecule has 1 N–H and O–H groups in total. The van der Waals surface area contributed by atoms with E-state index in [1.165, 1.54) is 0 Å². The lowest BCUT2D eigenvalue weighted by Gasteiger charge is -1.96. The maximum Gasteiger partial charge on any atom is 0.251 e. The molecule has 1 aromatic carbocycles. The van der Waals surface area contributed by atoms with Gasteiger partial charge in [-0.2, -0.15) is 0 Å². The molecule has 0 atom stereocenters. The fourth-order valence-electron chi connectivity index (χ4n) is 0.734. The molecule has 0 aliphatic rings. The van der Waals surface area contributed by atoms with Gasteiger partial charge in [-0.15, -0.1) is 37.2 Å². The molecular weight excluding hydrogens is 232 g/mol. The molecular formula is C8H12Cl3NO. The predicted molar refractivity (Wildman–Crippen MR) is 61.6 cm³/mol. The first-order chi connectivity index (χ1) is 4.84. The van der Waals surface area contributed by atoms with Gasteiger partial charge < -0.3 is 5.32 Å². The van der Waals surface area contributed by atoms with Crippen LogP contribution < -0.4 is 5.32 Å². The molecule has 0 heterocycles. The van der Waals surface area contributed by atoms with Crippen molar-refractivity contribution in [1.29, 1.82) is 0 Å². The van der Waals surface area contributed by atoms with Gasteiger partial charge in [0.15, 0.2) is 0 Å². The Morgan fingerprint density at radius 1 is 1.08 bits per heavy atom. The van der Waals surface area contributed by atoms with E-state index in [-0.39, 0.29) is 43.1 Å². The number of hydrogen-bond acceptors (Lipinski definition) is 1. The van der Waals surface area contributed by atoms with Crippen molar-refractivity contribution in [3.05, 3.63) is 35.9 Å². The number of hydrogen-bond donors (Lipinski definition) is 1. The lowest BCUT2D eigenvalue weighted by atomic mass is 10.2. The van der Waals surface area contributed by atoms with Crippen molar-refractivity contribution in [3.8, 4) is 0 Å². The number of nitrogens with one attached hydrogen (secondary N) is 1. The summed E-state index contributed by atoms with van der Waals surface area (Å²) >= 11 is 0. The van der Waals surface area contributed by atoms with E-state index in [1.807, 2.05) is 18.2 Å². The lowest BCUT2D eigenvalue weighted by Crippen LogP contribution is -2.17. The highest BCUT2D eigenvalue weighted by atomic mass is 35.5. The third-order valence-electron chi connectivity index (χ3n) is 1.26. The zero-order valence-corrected chi connectivity index (χ0v) is 9.47. The molecule has 0 unspecified atom stereocenters. The van der Waals surface area contributed by atoms with Crippen LogP contribution in [0, 0.1) is 0 Å². The molecule has 13 heavy (non-hydrogen) atoms. The Kier molecular flexibility index (Phi) is 13.6. The van der Waals surface area contributed by atoms with E-state index >= 15 is 0 Å². The van der Waals surface area contributed by atoms with Crippen LogP contribution in [-0.2, 0) is 0 Å². The predicted octanol–water partition coefficient (Wildman–Crippen LogP) is 2.31. The summed E-state index contributed by atoms with van der Waals surface area (Å²) in [4.78, 5) is 10.9. The van der Waals surface area contributed by atoms with Crippen molar-refractivity contribution >= 4 is 43.1 Å². The molecule has 0 bridgehead atoms. The Labute approximate surface area is 96.3 Å². The van der Waals surface area contributed by atoms with Gasteiger partial charge in [-0.3, -0.25) is 4.79 Å². The van der Waals surface area contributed by atoms with Gasteiger partial charge in [-0.05, 0) is 12.1 Å². The second kappa shape index (κ2) is 9.65. The molecule has 0 aliphatic heterocycles. The zero-order valence-electron chi connectivity index (χ0n) is 7.02. The molecule has 1 rings (SSSR count). The second-order valence-corrected chi connectivity index (χ2v) is 1.95. The second-order valence-electron chi connectivity index (χ2n) is 1.95. The molecule has 1 amide bonds. The third kappa shape index (κ3) is 5.75. The van der Waals surface area contributed by atoms with Gasteiger partial charge in [0.05, 0.1) is 0 Å². The van der Waals surface area contributed by atoms with Gasteiger partial charge in [0.25, 0.3) is 5.91 Å². The number of halogens is 3. The minimum Gasteiger partial charge on any atom is -0.355 e. The van der Waals surface area contributed by atoms with Crippen molar-refractivity contribution in [2.45, 2.75) is 0 Å². The van der Waals surface area contributed by atoms with Crippen LogP contribution in [0.5, 0.6) is 0 Å². The first kappa shape index (κ1) is 18.4. The summed E-state index contributed by atoms with van der Waals surface area (Å²) < 4.78 is 0. The van der Waals surface area contributed by atoms with Gasteiger partial charge in [-0.25, -0.2) is 0 Å². The van der Waals surface area contributed by atoms with Gasteiger partial charge in [0, 0.05) is 12.6 Å². The zero-order chi connectivity index (χ0) is 7.40. The maximum atomic E-state index is 10.9. The topological polar surface area (TPSA) is 29.1 Å². The van der Waals surface area contributed by atoms with Gasteiger partial charge >= 0.3 is 0 Å². The van der Waals surface area contributed by atoms with Crippen molar-refractivity contribution in [2.75, 3.05) is 7.05 Å². The van der Waals surface area contributed by atoms with Crippen LogP contribution in [0.15, 0.2) is 30.3 Å². The quantitative estimate of drug-likeness (QED) is 0.807. The normalized spacial score (nSPS) is 6.85. The fraction of sp³-hybridized carbons (Fsp3) is 0.125. The van der Waals surface area contributed by atoms with Crippen LogP contribution in [0.4, 0.5) is 0 Å². The monoisotopic (exact) mass is 243 g/mol. The summed E-state index contributed by atoms with van der Waals surface area (Å²) in [6.07, 6.45) is 0. The molecule has 0 spiro atoms. The maximum absolute atomic E-state index is 10.9. The number of carbonyl (C=O) groups excluding carboxylic acids is 1. The van der Waals surface area contributed by atoms with Crippen LogP contribution in [0.1, 0.15) is 10.4 Å². The van der Waals surface area contributed by atoms with Gasteiger partial charge in [0.1, 0.15) is 0 Å². The van der Waals surface area contributed by atoms with Crippen molar-refractivity contribution < 1.29 is 4.79 Å². The Bertz CT molecular complexity index is 228. The van der Waals surface area contributed by atoms with E-state index in [9.17, 15) is 4.79 Å². The molecule has 0 saturated carbocycles. The molecule has 76 valence electrons. The molecule has 1 aromatic rings. The van der Waals surface area contributed by atoms with Crippen LogP contribution in [0.3, 0.4) is 0 Å². The molecule has 0 fully saturated rings. The molecule has 0 aliphatic carbocycles. The lowest BCUT2D eigenvalue weighted by molar-refractivity contribution is 0.0963. The van der Waals surface area contributed by atoms with E-state index in [0.717, 1.165) is 0 Å². The third-order valence-corrected chi connectivity index (χ3v) is 1.26. The van der Waals surface area contributed by atoms with E-state index in [1.54, 1.807) is 19.2 Å². The minimum absolute atomic E-state index is 0. The first-order valence-corrected chi connectivity index (χ1v) is 3.11. The van der Waals surface area contributed by atoms with Crippen molar-refractivity contribution in [3.63, 3.8) is 0 Å². The standard InChI is InChI=1S/C8H9NO.3ClH/c1-9-8(10)7-5-3-2-4-6-7;;;/h2-6H,1H3,(H,9,10);3*1H. The molecule has 0 aromatic heterocycles. The van der Waals surface area contributed by atoms with Gasteiger partial charge in [0.2, 0.25) is 0 Å². The highest BCUT2D eigenvalue weighted by Gasteiger charge is 1.97. The summed E-state index contributed by atoms with van der Waals surface area (Å²) in [5.41, 5.74) is 0.699. The molecule has 5 heteroatoms. The Morgan fingerprint density at radius 2 is 1.54 bits per heavy atom. The Hall–Kier alpha value is -0.440. The smallest absolute Gasteiger partial charge is 0.251 e. The van der Waals surface area contributed by atoms with E-state index < -0.39 is 0 Å². The largest absolute Gasteiger partial charge is 0.355 e. The summed E-state index contributed by atoms with van der Waals surface area (Å²) in [7, 11) is 1.62. The highest BCUT2D eigenvalue weighted by molar-refractivity contribution is 5.93. The SMILES string of the molecule is CNC(=O)c1ccccc1.Cl.Cl.Cl. The summed E-state index contributed by atoms with van der Waals surface area (Å²) in [6, 6.07) is 9.11. The number of benzene rings is 1. The average Bonchev–Trinajstić information content (AvgIpc) is 2.05. The van der Waals surface area contributed by atoms with Crippen LogP contribution in [0.2, 0.25) is 0 Å². The van der Waals surface area contributed by atoms with Crippen molar-refractivity contribution in [2.24, 2.45) is 0 Å². The number of carbonyl (C=O) groups is 1. The summed E-state index contributed by atoms with van der Waals surface area (Å²) in [5.74, 6) is -0.0411. The average molecular weight is 245 g/mol. The van der Waals surface area contributed by atoms with Crippen LogP contribution in [0.25, 0.3) is 0 Å². The Morgan fingerprint density at radius 3 is 1.92 bits per heavy atom. The van der Waals surface area contributed by atoms with E-state index in [2.05, 4.69) is 5.32 Å². The van der Waals surface area contributed by atoms with Crippen molar-refractivity contribution in [1.82, 2.24) is 5.32 Å². The Balaban J connectivity index is -0.000000333. The molecule has 2 nitrogen and oxygen atoms in total. The number of rotatable bonds is 1. The molecule has 0 radical (unpaired) electrons. The van der Waals surface area contributed by atoms with Crippen LogP contribution >= 0.6 is 37.2 Å². The molecule has 0 saturated heterocycles. The highest BCUT2D eigenvalue weighted by Crippen LogP contribution is 1.96. The number of amides is 1. The van der Waals surface area contributed by atoms with E-state index in [0.29, 0.717) is 5.56 Å². The minimum atomic E-state index is -0.0411.